The van der Waals surface area contributed by atoms with Crippen LogP contribution in [0.2, 0.25) is 0 Å². The Morgan fingerprint density at radius 1 is 0.971 bits per heavy atom. The van der Waals surface area contributed by atoms with Gasteiger partial charge in [-0.3, -0.25) is 9.78 Å². The number of hydrogen-bond acceptors (Lipinski definition) is 4. The first-order valence-corrected chi connectivity index (χ1v) is 12.0. The maximum Gasteiger partial charge on any atom is 0.253 e. The van der Waals surface area contributed by atoms with Gasteiger partial charge in [-0.2, -0.15) is 0 Å². The smallest absolute Gasteiger partial charge is 0.253 e. The highest BCUT2D eigenvalue weighted by Crippen LogP contribution is 2.34. The number of carbonyl (C=O) groups is 1. The summed E-state index contributed by atoms with van der Waals surface area (Å²) >= 11 is 0. The molecule has 6 heteroatoms. The van der Waals surface area contributed by atoms with Crippen molar-refractivity contribution in [2.75, 3.05) is 13.1 Å². The summed E-state index contributed by atoms with van der Waals surface area (Å²) in [6.07, 6.45) is 9.25. The van der Waals surface area contributed by atoms with E-state index in [1.165, 1.54) is 0 Å². The van der Waals surface area contributed by atoms with Gasteiger partial charge in [0.05, 0.1) is 5.69 Å². The predicted octanol–water partition coefficient (Wildman–Crippen LogP) is 5.71. The Morgan fingerprint density at radius 2 is 1.83 bits per heavy atom. The molecule has 1 N–H and O–H groups in total. The molecule has 0 spiro atoms. The van der Waals surface area contributed by atoms with Crippen molar-refractivity contribution in [2.45, 2.75) is 18.8 Å². The minimum Gasteiger partial charge on any atom is -0.361 e. The van der Waals surface area contributed by atoms with Crippen molar-refractivity contribution < 1.29 is 4.79 Å². The van der Waals surface area contributed by atoms with Crippen molar-refractivity contribution in [3.8, 4) is 22.5 Å². The lowest BCUT2D eigenvalue weighted by molar-refractivity contribution is 0.0706. The number of aromatic amines is 1. The summed E-state index contributed by atoms with van der Waals surface area (Å²) in [6, 6.07) is 22.0. The number of nitrogens with zero attached hydrogens (tertiary/aromatic N) is 4. The summed E-state index contributed by atoms with van der Waals surface area (Å²) in [5, 5.41) is 1.11. The van der Waals surface area contributed by atoms with Crippen LogP contribution in [0.1, 0.15) is 34.8 Å². The second kappa shape index (κ2) is 9.14. The maximum atomic E-state index is 13.5. The molecule has 0 bridgehead atoms. The van der Waals surface area contributed by atoms with Crippen molar-refractivity contribution in [3.63, 3.8) is 0 Å². The summed E-state index contributed by atoms with van der Waals surface area (Å²) in [7, 11) is 0. The van der Waals surface area contributed by atoms with Crippen LogP contribution in [0, 0.1) is 0 Å². The van der Waals surface area contributed by atoms with E-state index in [1.54, 1.807) is 12.4 Å². The minimum atomic E-state index is 0.0656. The van der Waals surface area contributed by atoms with Gasteiger partial charge in [0.1, 0.15) is 0 Å². The molecule has 172 valence electrons. The highest BCUT2D eigenvalue weighted by Gasteiger charge is 2.29. The van der Waals surface area contributed by atoms with Crippen LogP contribution in [0.5, 0.6) is 0 Å². The highest BCUT2D eigenvalue weighted by molar-refractivity contribution is 5.98. The molecule has 0 aliphatic carbocycles. The van der Waals surface area contributed by atoms with Crippen LogP contribution in [-0.2, 0) is 0 Å². The number of benzene rings is 2. The Morgan fingerprint density at radius 3 is 2.69 bits per heavy atom. The van der Waals surface area contributed by atoms with Crippen LogP contribution in [-0.4, -0.2) is 43.8 Å². The third-order valence-corrected chi connectivity index (χ3v) is 6.74. The predicted molar refractivity (Wildman–Crippen MR) is 137 cm³/mol. The Balaban J connectivity index is 1.35. The summed E-state index contributed by atoms with van der Waals surface area (Å²) < 4.78 is 0. The van der Waals surface area contributed by atoms with Crippen LogP contribution in [0.4, 0.5) is 0 Å². The van der Waals surface area contributed by atoms with E-state index < -0.39 is 0 Å². The molecule has 1 atom stereocenters. The number of piperidine rings is 1. The zero-order chi connectivity index (χ0) is 23.6. The fourth-order valence-corrected chi connectivity index (χ4v) is 4.93. The van der Waals surface area contributed by atoms with Crippen molar-refractivity contribution in [1.29, 1.82) is 0 Å². The second-order valence-corrected chi connectivity index (χ2v) is 8.96. The number of fused-ring (bicyclic) bond motifs is 1. The molecule has 0 saturated carbocycles. The number of hydrogen-bond donors (Lipinski definition) is 1. The Hall–Kier alpha value is -4.32. The molecule has 1 amide bonds. The van der Waals surface area contributed by atoms with Crippen LogP contribution < -0.4 is 0 Å². The molecule has 1 fully saturated rings. The average Bonchev–Trinajstić information content (AvgIpc) is 3.41. The standard InChI is InChI=1S/C29H25N5O/c35-29(23-9-8-21-12-15-31-26(21)17-23)34-16-4-7-24(19-34)27-25(20-5-2-1-3-6-20)18-32-28(33-27)22-10-13-30-14-11-22/h1-3,5-6,8-15,17-18,24,31H,4,7,16,19H2/t24-/m0/s1. The van der Waals surface area contributed by atoms with E-state index in [2.05, 4.69) is 27.1 Å². The Bertz CT molecular complexity index is 1480. The number of nitrogens with one attached hydrogen (secondary N) is 1. The molecular formula is C29H25N5O. The number of H-pyrrole nitrogens is 1. The van der Waals surface area contributed by atoms with Gasteiger partial charge in [0.15, 0.2) is 5.82 Å². The van der Waals surface area contributed by atoms with Gasteiger partial charge in [-0.15, -0.1) is 0 Å². The first-order valence-electron chi connectivity index (χ1n) is 12.0. The number of rotatable bonds is 4. The second-order valence-electron chi connectivity index (χ2n) is 8.96. The molecule has 6 nitrogen and oxygen atoms in total. The molecule has 35 heavy (non-hydrogen) atoms. The highest BCUT2D eigenvalue weighted by atomic mass is 16.2. The molecule has 0 radical (unpaired) electrons. The van der Waals surface area contributed by atoms with E-state index >= 15 is 0 Å². The van der Waals surface area contributed by atoms with Gasteiger partial charge in [-0.05, 0) is 54.1 Å². The van der Waals surface area contributed by atoms with E-state index in [0.717, 1.165) is 52.7 Å². The average molecular weight is 460 g/mol. The third-order valence-electron chi connectivity index (χ3n) is 6.74. The zero-order valence-corrected chi connectivity index (χ0v) is 19.3. The van der Waals surface area contributed by atoms with Gasteiger partial charge < -0.3 is 9.88 Å². The zero-order valence-electron chi connectivity index (χ0n) is 19.3. The molecule has 5 aromatic rings. The maximum absolute atomic E-state index is 13.5. The van der Waals surface area contributed by atoms with Gasteiger partial charge in [0, 0.05) is 66.0 Å². The van der Waals surface area contributed by atoms with Crippen molar-refractivity contribution in [3.05, 3.63) is 103 Å². The first-order chi connectivity index (χ1) is 17.3. The Kier molecular flexibility index (Phi) is 5.54. The SMILES string of the molecule is O=C(c1ccc2cc[nH]c2c1)N1CCC[C@H](c2nc(-c3ccncc3)ncc2-c2ccccc2)C1. The summed E-state index contributed by atoms with van der Waals surface area (Å²) in [6.45, 7) is 1.38. The van der Waals surface area contributed by atoms with Gasteiger partial charge in [-0.25, -0.2) is 9.97 Å². The van der Waals surface area contributed by atoms with Crippen molar-refractivity contribution in [1.82, 2.24) is 24.8 Å². The molecule has 2 aromatic carbocycles. The van der Waals surface area contributed by atoms with E-state index in [9.17, 15) is 4.79 Å². The van der Waals surface area contributed by atoms with Crippen molar-refractivity contribution in [2.24, 2.45) is 0 Å². The molecule has 0 unspecified atom stereocenters. The molecule has 1 saturated heterocycles. The molecule has 3 aromatic heterocycles. The largest absolute Gasteiger partial charge is 0.361 e. The van der Waals surface area contributed by atoms with Crippen LogP contribution >= 0.6 is 0 Å². The molecule has 1 aliphatic heterocycles. The fraction of sp³-hybridized carbons (Fsp3) is 0.172. The molecule has 6 rings (SSSR count). The molecule has 4 heterocycles. The lowest BCUT2D eigenvalue weighted by Crippen LogP contribution is -2.39. The van der Waals surface area contributed by atoms with E-state index in [-0.39, 0.29) is 11.8 Å². The lowest BCUT2D eigenvalue weighted by atomic mass is 9.89. The Labute approximate surface area is 203 Å². The topological polar surface area (TPSA) is 74.8 Å². The fourth-order valence-electron chi connectivity index (χ4n) is 4.93. The van der Waals surface area contributed by atoms with Gasteiger partial charge >= 0.3 is 0 Å². The van der Waals surface area contributed by atoms with Crippen LogP contribution in [0.3, 0.4) is 0 Å². The lowest BCUT2D eigenvalue weighted by Gasteiger charge is -2.33. The molecule has 1 aliphatic rings. The van der Waals surface area contributed by atoms with Crippen molar-refractivity contribution >= 4 is 16.8 Å². The van der Waals surface area contributed by atoms with E-state index in [0.29, 0.717) is 17.9 Å². The number of amides is 1. The summed E-state index contributed by atoms with van der Waals surface area (Å²) in [5.41, 5.74) is 5.73. The summed E-state index contributed by atoms with van der Waals surface area (Å²) in [4.78, 5) is 32.5. The van der Waals surface area contributed by atoms with Gasteiger partial charge in [0.25, 0.3) is 5.91 Å². The summed E-state index contributed by atoms with van der Waals surface area (Å²) in [5.74, 6) is 0.874. The van der Waals surface area contributed by atoms with Gasteiger partial charge in [-0.1, -0.05) is 36.4 Å². The number of aromatic nitrogens is 4. The first kappa shape index (κ1) is 21.2. The monoisotopic (exact) mass is 459 g/mol. The van der Waals surface area contributed by atoms with Gasteiger partial charge in [0.2, 0.25) is 0 Å². The number of pyridine rings is 1. The number of carbonyl (C=O) groups excluding carboxylic acids is 1. The normalized spacial score (nSPS) is 15.9. The van der Waals surface area contributed by atoms with E-state index in [1.807, 2.05) is 71.9 Å². The van der Waals surface area contributed by atoms with E-state index in [4.69, 9.17) is 4.98 Å². The number of likely N-dealkylation sites (tertiary alicyclic amines) is 1. The third kappa shape index (κ3) is 4.19. The minimum absolute atomic E-state index is 0.0656. The quantitative estimate of drug-likeness (QED) is 0.374. The molecular weight excluding hydrogens is 434 g/mol. The van der Waals surface area contributed by atoms with Crippen LogP contribution in [0.15, 0.2) is 91.5 Å². The van der Waals surface area contributed by atoms with Crippen LogP contribution in [0.25, 0.3) is 33.4 Å².